The maximum absolute atomic E-state index is 13.4. The zero-order valence-corrected chi connectivity index (χ0v) is 29.3. The summed E-state index contributed by atoms with van der Waals surface area (Å²) in [6.45, 7) is 10.9. The van der Waals surface area contributed by atoms with Crippen LogP contribution in [0.2, 0.25) is 0 Å². The molecule has 0 spiro atoms. The number of hydrogen-bond acceptors (Lipinski definition) is 7. The van der Waals surface area contributed by atoms with Gasteiger partial charge in [-0.2, -0.15) is 0 Å². The van der Waals surface area contributed by atoms with Gasteiger partial charge in [0.2, 0.25) is 11.8 Å². The predicted molar refractivity (Wildman–Crippen MR) is 191 cm³/mol. The van der Waals surface area contributed by atoms with Crippen LogP contribution in [0.15, 0.2) is 60.9 Å². The maximum atomic E-state index is 13.4. The monoisotopic (exact) mass is 665 g/mol. The number of likely N-dealkylation sites (tertiary alicyclic amines) is 2. The van der Waals surface area contributed by atoms with Crippen molar-refractivity contribution in [1.82, 2.24) is 30.4 Å². The van der Waals surface area contributed by atoms with Gasteiger partial charge in [0, 0.05) is 62.5 Å². The molecule has 2 saturated heterocycles. The Morgan fingerprint density at radius 3 is 2.10 bits per heavy atom. The summed E-state index contributed by atoms with van der Waals surface area (Å²) in [6.07, 6.45) is 8.50. The van der Waals surface area contributed by atoms with Crippen molar-refractivity contribution in [1.29, 1.82) is 0 Å². The van der Waals surface area contributed by atoms with E-state index in [0.717, 1.165) is 94.6 Å². The first kappa shape index (κ1) is 34.5. The van der Waals surface area contributed by atoms with Crippen molar-refractivity contribution in [3.63, 3.8) is 0 Å². The lowest BCUT2D eigenvalue weighted by Gasteiger charge is -2.50. The number of anilines is 1. The summed E-state index contributed by atoms with van der Waals surface area (Å²) < 4.78 is 0. The minimum absolute atomic E-state index is 0.00838. The third-order valence-electron chi connectivity index (χ3n) is 11.1. The highest BCUT2D eigenvalue weighted by Crippen LogP contribution is 2.34. The molecule has 0 bridgehead atoms. The fourth-order valence-electron chi connectivity index (χ4n) is 7.55. The molecule has 1 saturated carbocycles. The average Bonchev–Trinajstić information content (AvgIpc) is 3.09. The van der Waals surface area contributed by atoms with Gasteiger partial charge in [0.1, 0.15) is 6.33 Å². The smallest absolute Gasteiger partial charge is 0.257 e. The molecule has 0 atom stereocenters. The third kappa shape index (κ3) is 8.29. The molecule has 10 heteroatoms. The second-order valence-corrected chi connectivity index (χ2v) is 14.3. The van der Waals surface area contributed by atoms with Crippen molar-refractivity contribution >= 4 is 23.4 Å². The van der Waals surface area contributed by atoms with E-state index in [9.17, 15) is 14.4 Å². The van der Waals surface area contributed by atoms with Crippen LogP contribution in [0.4, 0.5) is 5.69 Å². The Bertz CT molecular complexity index is 1570. The van der Waals surface area contributed by atoms with Crippen molar-refractivity contribution in [2.45, 2.75) is 90.4 Å². The molecule has 6 rings (SSSR count). The summed E-state index contributed by atoms with van der Waals surface area (Å²) in [7, 11) is 0. The molecular weight excluding hydrogens is 614 g/mol. The average molecular weight is 666 g/mol. The zero-order chi connectivity index (χ0) is 34.4. The molecule has 3 amide bonds. The van der Waals surface area contributed by atoms with E-state index in [1.54, 1.807) is 0 Å². The number of benzene rings is 2. The fourth-order valence-corrected chi connectivity index (χ4v) is 7.55. The molecule has 3 fully saturated rings. The number of nitrogens with one attached hydrogen (secondary N) is 2. The van der Waals surface area contributed by atoms with Gasteiger partial charge in [-0.15, -0.1) is 0 Å². The van der Waals surface area contributed by atoms with Crippen LogP contribution in [0.1, 0.15) is 84.7 Å². The molecule has 2 aromatic carbocycles. The van der Waals surface area contributed by atoms with Crippen molar-refractivity contribution in [3.8, 4) is 0 Å². The van der Waals surface area contributed by atoms with Gasteiger partial charge >= 0.3 is 0 Å². The van der Waals surface area contributed by atoms with E-state index in [2.05, 4.69) is 91.9 Å². The van der Waals surface area contributed by atoms with Crippen molar-refractivity contribution in [2.75, 3.05) is 37.6 Å². The molecule has 0 radical (unpaired) electrons. The van der Waals surface area contributed by atoms with Gasteiger partial charge in [-0.1, -0.05) is 48.9 Å². The first-order chi connectivity index (χ1) is 23.7. The Morgan fingerprint density at radius 2 is 1.49 bits per heavy atom. The van der Waals surface area contributed by atoms with E-state index in [1.165, 1.54) is 17.6 Å². The van der Waals surface area contributed by atoms with E-state index >= 15 is 0 Å². The Labute approximate surface area is 290 Å². The number of amides is 3. The van der Waals surface area contributed by atoms with Crippen LogP contribution in [-0.2, 0) is 22.7 Å². The summed E-state index contributed by atoms with van der Waals surface area (Å²) >= 11 is 0. The van der Waals surface area contributed by atoms with Gasteiger partial charge in [-0.3, -0.25) is 19.3 Å². The molecule has 260 valence electrons. The molecule has 10 nitrogen and oxygen atoms in total. The van der Waals surface area contributed by atoms with Crippen LogP contribution in [-0.4, -0.2) is 81.8 Å². The Balaban J connectivity index is 1.04. The van der Waals surface area contributed by atoms with Gasteiger partial charge in [-0.05, 0) is 82.6 Å². The van der Waals surface area contributed by atoms with Crippen molar-refractivity contribution in [2.24, 2.45) is 5.92 Å². The summed E-state index contributed by atoms with van der Waals surface area (Å²) in [6, 6.07) is 19.6. The molecule has 3 aromatic rings. The van der Waals surface area contributed by atoms with E-state index in [-0.39, 0.29) is 35.7 Å². The number of rotatable bonds is 11. The van der Waals surface area contributed by atoms with Gasteiger partial charge in [-0.25, -0.2) is 9.97 Å². The Hall–Kier alpha value is -4.31. The molecule has 3 aliphatic rings. The summed E-state index contributed by atoms with van der Waals surface area (Å²) in [5.41, 5.74) is 5.69. The molecule has 2 aliphatic heterocycles. The number of hydrogen-bond donors (Lipinski definition) is 2. The van der Waals surface area contributed by atoms with E-state index in [1.807, 2.05) is 18.7 Å². The molecule has 49 heavy (non-hydrogen) atoms. The molecule has 3 heterocycles. The summed E-state index contributed by atoms with van der Waals surface area (Å²) in [5, 5.41) is 5.71. The predicted octanol–water partition coefficient (Wildman–Crippen LogP) is 4.79. The van der Waals surface area contributed by atoms with Crippen LogP contribution in [0, 0.1) is 19.8 Å². The molecule has 1 aromatic heterocycles. The van der Waals surface area contributed by atoms with Crippen molar-refractivity contribution < 1.29 is 14.4 Å². The summed E-state index contributed by atoms with van der Waals surface area (Å²) in [4.78, 5) is 53.5. The lowest BCUT2D eigenvalue weighted by atomic mass is 9.85. The Kier molecular flexibility index (Phi) is 10.9. The summed E-state index contributed by atoms with van der Waals surface area (Å²) in [5.74, 6) is -0.0499. The highest BCUT2D eigenvalue weighted by atomic mass is 16.2. The van der Waals surface area contributed by atoms with Crippen LogP contribution in [0.25, 0.3) is 0 Å². The molecular formula is C39H51N7O3. The fraction of sp³-hybridized carbons (Fsp3) is 0.513. The Morgan fingerprint density at radius 1 is 0.837 bits per heavy atom. The van der Waals surface area contributed by atoms with E-state index in [0.29, 0.717) is 18.2 Å². The first-order valence-corrected chi connectivity index (χ1v) is 18.0. The van der Waals surface area contributed by atoms with Gasteiger partial charge < -0.3 is 20.4 Å². The number of carbonyl (C=O) groups excluding carboxylic acids is 3. The van der Waals surface area contributed by atoms with Gasteiger partial charge in [0.15, 0.2) is 0 Å². The number of aryl methyl sites for hydroxylation is 2. The standard InChI is InChI=1S/C39H51N7O3/c1-28-36(29(2)43-27-42-28)38(49)44-22-18-39(3,19-23-44)45-20-16-34(17-21-45)46(26-31-8-5-4-6-9-31)33-14-12-30(13-15-33)24-40-35(47)25-41-37(48)32-10-7-11-32/h4-6,8-9,12-15,27,32,34H,7,10-11,16-26H2,1-3H3,(H,40,47)(H,41,48). The highest BCUT2D eigenvalue weighted by molar-refractivity contribution is 5.96. The molecule has 1 aliphatic carbocycles. The lowest BCUT2D eigenvalue weighted by molar-refractivity contribution is -0.130. The van der Waals surface area contributed by atoms with Crippen LogP contribution >= 0.6 is 0 Å². The normalized spacial score (nSPS) is 18.4. The second-order valence-electron chi connectivity index (χ2n) is 14.3. The van der Waals surface area contributed by atoms with Crippen LogP contribution in [0.3, 0.4) is 0 Å². The minimum Gasteiger partial charge on any atom is -0.364 e. The van der Waals surface area contributed by atoms with E-state index < -0.39 is 0 Å². The molecule has 0 unspecified atom stereocenters. The first-order valence-electron chi connectivity index (χ1n) is 18.0. The number of nitrogens with zero attached hydrogens (tertiary/aromatic N) is 5. The minimum atomic E-state index is -0.170. The molecule has 2 N–H and O–H groups in total. The number of carbonyl (C=O) groups is 3. The van der Waals surface area contributed by atoms with Crippen LogP contribution in [0.5, 0.6) is 0 Å². The maximum Gasteiger partial charge on any atom is 0.257 e. The van der Waals surface area contributed by atoms with Gasteiger partial charge in [0.05, 0.1) is 23.5 Å². The number of piperidine rings is 2. The SMILES string of the molecule is Cc1ncnc(C)c1C(=O)N1CCC(C)(N2CCC(N(Cc3ccccc3)c3ccc(CNC(=O)CNC(=O)C4CCC4)cc3)CC2)CC1. The van der Waals surface area contributed by atoms with Crippen LogP contribution < -0.4 is 15.5 Å². The van der Waals surface area contributed by atoms with E-state index in [4.69, 9.17) is 0 Å². The second kappa shape index (κ2) is 15.5. The lowest BCUT2D eigenvalue weighted by Crippen LogP contribution is -2.58. The quantitative estimate of drug-likeness (QED) is 0.303. The highest BCUT2D eigenvalue weighted by Gasteiger charge is 2.40. The number of aromatic nitrogens is 2. The van der Waals surface area contributed by atoms with Crippen molar-refractivity contribution in [3.05, 3.63) is 89.0 Å². The largest absolute Gasteiger partial charge is 0.364 e. The topological polar surface area (TPSA) is 111 Å². The third-order valence-corrected chi connectivity index (χ3v) is 11.1. The van der Waals surface area contributed by atoms with Gasteiger partial charge in [0.25, 0.3) is 5.91 Å². The zero-order valence-electron chi connectivity index (χ0n) is 29.3.